The van der Waals surface area contributed by atoms with E-state index >= 15 is 0 Å². The van der Waals surface area contributed by atoms with Gasteiger partial charge in [-0.25, -0.2) is 15.1 Å². The van der Waals surface area contributed by atoms with Gasteiger partial charge in [0.05, 0.1) is 0 Å². The number of rotatable bonds is 1. The van der Waals surface area contributed by atoms with E-state index in [0.717, 1.165) is 0 Å². The largest absolute Gasteiger partial charge is 0.485 e. The highest BCUT2D eigenvalue weighted by molar-refractivity contribution is 7.46. The van der Waals surface area contributed by atoms with E-state index in [1.54, 1.807) is 0 Å². The number of hydrogen-bond acceptors (Lipinski definition) is 4. The Kier molecular flexibility index (Phi) is 7.34. The van der Waals surface area contributed by atoms with E-state index in [-0.39, 0.29) is 0 Å². The van der Waals surface area contributed by atoms with Gasteiger partial charge in [0.25, 0.3) is 0 Å². The van der Waals surface area contributed by atoms with Crippen LogP contribution in [0.2, 0.25) is 0 Å². The summed E-state index contributed by atoms with van der Waals surface area (Å²) in [6.45, 7) is 0. The van der Waals surface area contributed by atoms with E-state index in [9.17, 15) is 4.57 Å². The van der Waals surface area contributed by atoms with Crippen LogP contribution in [-0.4, -0.2) is 35.8 Å². The number of nitrogens with two attached hydrogens (primary N) is 1. The van der Waals surface area contributed by atoms with Gasteiger partial charge in [-0.3, -0.25) is 0 Å². The van der Waals surface area contributed by atoms with E-state index in [0.29, 0.717) is 0 Å². The van der Waals surface area contributed by atoms with Crippen molar-refractivity contribution in [1.29, 1.82) is 0 Å². The summed E-state index contributed by atoms with van der Waals surface area (Å²) in [5.41, 5.74) is 0. The van der Waals surface area contributed by atoms with Gasteiger partial charge in [-0.1, -0.05) is 0 Å². The van der Waals surface area contributed by atoms with Gasteiger partial charge < -0.3 is 14.7 Å². The molecule has 0 aliphatic rings. The van der Waals surface area contributed by atoms with Crippen LogP contribution in [0.4, 0.5) is 0 Å². The molecule has 0 amide bonds. The lowest BCUT2D eigenvalue weighted by molar-refractivity contribution is 0.201. The second-order valence-corrected chi connectivity index (χ2v) is 3.13. The Hall–Kier alpha value is 0.0300. The Morgan fingerprint density at radius 2 is 1.50 bits per heavy atom. The Balaban J connectivity index is 0. The van der Waals surface area contributed by atoms with Gasteiger partial charge in [0.15, 0.2) is 0 Å². The first kappa shape index (κ1) is 12.7. The molecule has 0 heterocycles. The van der Waals surface area contributed by atoms with Crippen molar-refractivity contribution in [1.82, 2.24) is 4.90 Å². The van der Waals surface area contributed by atoms with E-state index in [1.807, 2.05) is 26.0 Å². The molecule has 0 aromatic rings. The summed E-state index contributed by atoms with van der Waals surface area (Å²) >= 11 is 0. The van der Waals surface area contributed by atoms with Gasteiger partial charge in [-0.05, 0) is 21.1 Å². The highest BCUT2D eigenvalue weighted by Crippen LogP contribution is 2.32. The number of nitrogens with zero attached hydrogens (tertiary/aromatic N) is 1. The molecule has 0 fully saturated rings. The second kappa shape index (κ2) is 5.79. The zero-order chi connectivity index (χ0) is 8.78. The monoisotopic (exact) mass is 172 g/mol. The van der Waals surface area contributed by atoms with Crippen molar-refractivity contribution in [2.24, 2.45) is 5.90 Å². The van der Waals surface area contributed by atoms with Crippen molar-refractivity contribution in [3.8, 4) is 0 Å². The molecule has 0 radical (unpaired) electrons. The normalized spacial score (nSPS) is 10.7. The second-order valence-electron chi connectivity index (χ2n) is 1.94. The van der Waals surface area contributed by atoms with Crippen molar-refractivity contribution in [3.05, 3.63) is 0 Å². The van der Waals surface area contributed by atoms with Crippen molar-refractivity contribution in [3.63, 3.8) is 0 Å². The van der Waals surface area contributed by atoms with Gasteiger partial charge in [0.2, 0.25) is 0 Å². The molecule has 0 spiro atoms. The fourth-order valence-electron chi connectivity index (χ4n) is 0. The smallest absolute Gasteiger partial charge is 0.312 e. The first-order valence-electron chi connectivity index (χ1n) is 2.34. The molecule has 0 saturated carbocycles. The predicted molar refractivity (Wildman–Crippen MR) is 36.9 cm³/mol. The fourth-order valence-corrected chi connectivity index (χ4v) is 0. The van der Waals surface area contributed by atoms with Crippen molar-refractivity contribution >= 4 is 7.82 Å². The molecule has 0 unspecified atom stereocenters. The van der Waals surface area contributed by atoms with Crippen molar-refractivity contribution < 1.29 is 19.0 Å². The molecular weight excluding hydrogens is 159 g/mol. The minimum absolute atomic E-state index is 2.00. The van der Waals surface area contributed by atoms with Gasteiger partial charge in [0, 0.05) is 0 Å². The highest BCUT2D eigenvalue weighted by atomic mass is 31.2. The minimum atomic E-state index is -4.37. The van der Waals surface area contributed by atoms with Gasteiger partial charge >= 0.3 is 7.82 Å². The standard InChI is InChI=1S/C3H9N.H4NO4P/c1-4(2)3;1-5-6(2,3)4/h1-3H3;1H2,(H2,2,3,4). The highest BCUT2D eigenvalue weighted by Gasteiger charge is 2.08. The third-order valence-corrected chi connectivity index (χ3v) is 0.412. The van der Waals surface area contributed by atoms with Crippen LogP contribution in [0.5, 0.6) is 0 Å². The summed E-state index contributed by atoms with van der Waals surface area (Å²) < 4.78 is 12.5. The first-order valence-corrected chi connectivity index (χ1v) is 3.87. The molecule has 0 aliphatic heterocycles. The average Bonchev–Trinajstić information content (AvgIpc) is 1.63. The topological polar surface area (TPSA) is 96.0 Å². The maximum Gasteiger partial charge on any atom is 0.485 e. The van der Waals surface area contributed by atoms with E-state index < -0.39 is 7.82 Å². The summed E-state index contributed by atoms with van der Waals surface area (Å²) in [7, 11) is 1.63. The fraction of sp³-hybridized carbons (Fsp3) is 1.00. The van der Waals surface area contributed by atoms with Gasteiger partial charge in [-0.2, -0.15) is 0 Å². The van der Waals surface area contributed by atoms with Crippen LogP contribution in [0.3, 0.4) is 0 Å². The Bertz CT molecular complexity index is 108. The zero-order valence-electron chi connectivity index (χ0n) is 6.18. The van der Waals surface area contributed by atoms with Gasteiger partial charge in [0.1, 0.15) is 0 Å². The molecular formula is C3H13N2O4P. The molecule has 0 aliphatic carbocycles. The SMILES string of the molecule is CN(C)C.NOP(=O)(O)O. The molecule has 7 heteroatoms. The van der Waals surface area contributed by atoms with Gasteiger partial charge in [-0.15, -0.1) is 0 Å². The lowest BCUT2D eigenvalue weighted by Gasteiger charge is -1.92. The lowest BCUT2D eigenvalue weighted by Crippen LogP contribution is -1.99. The Morgan fingerprint density at radius 3 is 1.50 bits per heavy atom. The van der Waals surface area contributed by atoms with Crippen LogP contribution in [0.15, 0.2) is 0 Å². The van der Waals surface area contributed by atoms with Crippen LogP contribution in [0.25, 0.3) is 0 Å². The molecule has 0 aromatic heterocycles. The van der Waals surface area contributed by atoms with Crippen LogP contribution < -0.4 is 5.90 Å². The summed E-state index contributed by atoms with van der Waals surface area (Å²) in [5.74, 6) is 4.04. The maximum atomic E-state index is 9.35. The van der Waals surface area contributed by atoms with Crippen LogP contribution >= 0.6 is 7.82 Å². The van der Waals surface area contributed by atoms with Crippen molar-refractivity contribution in [2.75, 3.05) is 21.1 Å². The van der Waals surface area contributed by atoms with E-state index in [2.05, 4.69) is 10.5 Å². The van der Waals surface area contributed by atoms with E-state index in [4.69, 9.17) is 9.79 Å². The quantitative estimate of drug-likeness (QED) is 0.352. The summed E-state index contributed by atoms with van der Waals surface area (Å²) in [5, 5.41) is 0. The molecule has 4 N–H and O–H groups in total. The van der Waals surface area contributed by atoms with Crippen molar-refractivity contribution in [2.45, 2.75) is 0 Å². The van der Waals surface area contributed by atoms with Crippen LogP contribution in [0.1, 0.15) is 0 Å². The maximum absolute atomic E-state index is 9.35. The molecule has 10 heavy (non-hydrogen) atoms. The molecule has 6 nitrogen and oxygen atoms in total. The average molecular weight is 172 g/mol. The Morgan fingerprint density at radius 1 is 1.40 bits per heavy atom. The number of hydrogen-bond donors (Lipinski definition) is 3. The molecule has 0 atom stereocenters. The number of phosphoric acid groups is 1. The summed E-state index contributed by atoms with van der Waals surface area (Å²) in [6, 6.07) is 0. The van der Waals surface area contributed by atoms with Crippen LogP contribution in [0, 0.1) is 0 Å². The molecule has 0 aromatic carbocycles. The molecule has 0 bridgehead atoms. The van der Waals surface area contributed by atoms with E-state index in [1.165, 1.54) is 0 Å². The molecule has 0 saturated heterocycles. The Labute approximate surface area is 59.8 Å². The van der Waals surface area contributed by atoms with Crippen LogP contribution in [-0.2, 0) is 9.19 Å². The zero-order valence-corrected chi connectivity index (χ0v) is 7.08. The molecule has 64 valence electrons. The first-order chi connectivity index (χ1) is 4.29. The third kappa shape index (κ3) is 43.2. The summed E-state index contributed by atoms with van der Waals surface area (Å²) in [6.07, 6.45) is 0. The third-order valence-electron chi connectivity index (χ3n) is 0.137. The summed E-state index contributed by atoms with van der Waals surface area (Å²) in [4.78, 5) is 17.2. The lowest BCUT2D eigenvalue weighted by atomic mass is 11.0. The molecule has 0 rings (SSSR count). The minimum Gasteiger partial charge on any atom is -0.312 e. The predicted octanol–water partition coefficient (Wildman–Crippen LogP) is -0.853.